The van der Waals surface area contributed by atoms with Gasteiger partial charge in [-0.1, -0.05) is 12.1 Å². The lowest BCUT2D eigenvalue weighted by atomic mass is 10.1. The van der Waals surface area contributed by atoms with Crippen molar-refractivity contribution in [3.63, 3.8) is 0 Å². The zero-order chi connectivity index (χ0) is 23.8. The van der Waals surface area contributed by atoms with Gasteiger partial charge in [-0.3, -0.25) is 5.32 Å². The minimum atomic E-state index is -0.700. The van der Waals surface area contributed by atoms with Crippen LogP contribution in [0.25, 0.3) is 0 Å². The number of nitrogens with one attached hydrogen (secondary N) is 2. The quantitative estimate of drug-likeness (QED) is 0.422. The second-order valence-corrected chi connectivity index (χ2v) is 8.72. The van der Waals surface area contributed by atoms with Gasteiger partial charge in [0, 0.05) is 38.3 Å². The van der Waals surface area contributed by atoms with Crippen LogP contribution in [0.2, 0.25) is 0 Å². The second-order valence-electron chi connectivity index (χ2n) is 7.95. The van der Waals surface area contributed by atoms with E-state index < -0.39 is 17.8 Å². The fourth-order valence-electron chi connectivity index (χ4n) is 3.38. The van der Waals surface area contributed by atoms with Crippen molar-refractivity contribution in [2.45, 2.75) is 20.0 Å². The largest absolute Gasteiger partial charge is 0.471 e. The Morgan fingerprint density at radius 1 is 1.24 bits per heavy atom. The van der Waals surface area contributed by atoms with Gasteiger partial charge in [0.05, 0.1) is 7.11 Å². The van der Waals surface area contributed by atoms with E-state index in [2.05, 4.69) is 31.9 Å². The van der Waals surface area contributed by atoms with Crippen LogP contribution in [0.3, 0.4) is 0 Å². The Balaban J connectivity index is 1.53. The topological polar surface area (TPSA) is 96.0 Å². The van der Waals surface area contributed by atoms with Crippen LogP contribution in [-0.4, -0.2) is 79.6 Å². The molecule has 1 saturated heterocycles. The van der Waals surface area contributed by atoms with Crippen molar-refractivity contribution in [1.29, 1.82) is 0 Å². The van der Waals surface area contributed by atoms with Crippen molar-refractivity contribution in [2.24, 2.45) is 0 Å². The fourth-order valence-corrected chi connectivity index (χ4v) is 4.10. The van der Waals surface area contributed by atoms with E-state index in [1.165, 1.54) is 13.2 Å². The monoisotopic (exact) mass is 479 g/mol. The van der Waals surface area contributed by atoms with E-state index in [9.17, 15) is 14.0 Å². The lowest BCUT2D eigenvalue weighted by molar-refractivity contribution is 0.0596. The highest BCUT2D eigenvalue weighted by Gasteiger charge is 2.25. The molecule has 2 N–H and O–H groups in total. The lowest BCUT2D eigenvalue weighted by Gasteiger charge is -2.32. The maximum Gasteiger partial charge on any atom is 0.346 e. The normalized spacial score (nSPS) is 14.7. The van der Waals surface area contributed by atoms with Gasteiger partial charge in [0.15, 0.2) is 5.56 Å². The highest BCUT2D eigenvalue weighted by Crippen LogP contribution is 2.32. The summed E-state index contributed by atoms with van der Waals surface area (Å²) in [5, 5.41) is 5.64. The number of hydrogen-bond acceptors (Lipinski definition) is 8. The SMILES string of the molecule is COC(=O)c1c(OCc2ccc(C)cc2F)nsc1NC(=O)NCCCN1CCN(C)CC1. The molecule has 2 aromatic rings. The van der Waals surface area contributed by atoms with Crippen molar-refractivity contribution in [2.75, 3.05) is 58.7 Å². The number of likely N-dealkylation sites (N-methyl/N-ethyl adjacent to an activating group) is 1. The average Bonchev–Trinajstić information content (AvgIpc) is 3.19. The number of rotatable bonds is 9. The first-order chi connectivity index (χ1) is 15.9. The number of esters is 1. The maximum absolute atomic E-state index is 14.1. The number of hydrogen-bond donors (Lipinski definition) is 2. The molecule has 3 rings (SSSR count). The predicted molar refractivity (Wildman–Crippen MR) is 124 cm³/mol. The highest BCUT2D eigenvalue weighted by atomic mass is 32.1. The van der Waals surface area contributed by atoms with Gasteiger partial charge < -0.3 is 24.6 Å². The molecule has 0 saturated carbocycles. The Morgan fingerprint density at radius 2 is 2.00 bits per heavy atom. The molecule has 2 amide bonds. The lowest BCUT2D eigenvalue weighted by Crippen LogP contribution is -2.45. The molecule has 1 aromatic carbocycles. The Kier molecular flexibility index (Phi) is 8.98. The third-order valence-electron chi connectivity index (χ3n) is 5.38. The highest BCUT2D eigenvalue weighted by molar-refractivity contribution is 7.11. The van der Waals surface area contributed by atoms with E-state index in [1.54, 1.807) is 19.1 Å². The van der Waals surface area contributed by atoms with E-state index in [0.717, 1.165) is 56.2 Å². The summed E-state index contributed by atoms with van der Waals surface area (Å²) >= 11 is 0.898. The number of amides is 2. The molecule has 11 heteroatoms. The molecular weight excluding hydrogens is 449 g/mol. The number of methoxy groups -OCH3 is 1. The molecule has 0 radical (unpaired) electrons. The number of halogens is 1. The Hall–Kier alpha value is -2.76. The number of urea groups is 1. The van der Waals surface area contributed by atoms with Crippen molar-refractivity contribution in [3.05, 3.63) is 40.7 Å². The Labute approximate surface area is 197 Å². The van der Waals surface area contributed by atoms with Crippen LogP contribution in [0.1, 0.15) is 27.9 Å². The first kappa shape index (κ1) is 24.9. The number of aromatic nitrogens is 1. The Bertz CT molecular complexity index is 962. The first-order valence-electron chi connectivity index (χ1n) is 10.8. The van der Waals surface area contributed by atoms with Gasteiger partial charge in [-0.15, -0.1) is 0 Å². The van der Waals surface area contributed by atoms with Gasteiger partial charge in [-0.2, -0.15) is 4.37 Å². The van der Waals surface area contributed by atoms with Crippen LogP contribution in [0.5, 0.6) is 5.88 Å². The van der Waals surface area contributed by atoms with Crippen LogP contribution >= 0.6 is 11.5 Å². The summed E-state index contributed by atoms with van der Waals surface area (Å²) < 4.78 is 28.6. The van der Waals surface area contributed by atoms with Gasteiger partial charge in [-0.05, 0) is 50.1 Å². The number of aryl methyl sites for hydroxylation is 1. The minimum Gasteiger partial charge on any atom is -0.471 e. The molecule has 1 aliphatic heterocycles. The van der Waals surface area contributed by atoms with Crippen LogP contribution in [0, 0.1) is 12.7 Å². The molecule has 33 heavy (non-hydrogen) atoms. The molecule has 1 fully saturated rings. The fraction of sp³-hybridized carbons (Fsp3) is 0.500. The van der Waals surface area contributed by atoms with Gasteiger partial charge in [0.25, 0.3) is 0 Å². The van der Waals surface area contributed by atoms with Crippen LogP contribution in [0.4, 0.5) is 14.2 Å². The molecule has 0 aliphatic carbocycles. The third-order valence-corrected chi connectivity index (χ3v) is 6.13. The maximum atomic E-state index is 14.1. The second kappa shape index (κ2) is 11.9. The van der Waals surface area contributed by atoms with Crippen molar-refractivity contribution >= 4 is 28.5 Å². The van der Waals surface area contributed by atoms with E-state index in [4.69, 9.17) is 9.47 Å². The van der Waals surface area contributed by atoms with Crippen molar-refractivity contribution in [1.82, 2.24) is 19.5 Å². The number of nitrogens with zero attached hydrogens (tertiary/aromatic N) is 3. The van der Waals surface area contributed by atoms with Gasteiger partial charge in [0.1, 0.15) is 17.4 Å². The van der Waals surface area contributed by atoms with Crippen molar-refractivity contribution in [3.8, 4) is 5.88 Å². The molecule has 2 heterocycles. The first-order valence-corrected chi connectivity index (χ1v) is 11.6. The van der Waals surface area contributed by atoms with Crippen LogP contribution < -0.4 is 15.4 Å². The molecule has 1 aliphatic rings. The molecule has 0 bridgehead atoms. The van der Waals surface area contributed by atoms with Crippen LogP contribution in [0.15, 0.2) is 18.2 Å². The summed E-state index contributed by atoms with van der Waals surface area (Å²) in [4.78, 5) is 29.3. The number of carbonyl (C=O) groups is 2. The number of piperazine rings is 1. The molecule has 9 nitrogen and oxygen atoms in total. The standard InChI is InChI=1S/C22H30FN5O4S/c1-15-5-6-16(17(23)13-15)14-32-19-18(21(29)31-3)20(33-26-19)25-22(30)24-7-4-8-28-11-9-27(2)10-12-28/h5-6,13H,4,7-12,14H2,1-3H3,(H2,24,25,30). The van der Waals surface area contributed by atoms with E-state index in [0.29, 0.717) is 12.1 Å². The number of benzene rings is 1. The van der Waals surface area contributed by atoms with E-state index in [-0.39, 0.29) is 23.1 Å². The predicted octanol–water partition coefficient (Wildman–Crippen LogP) is 2.72. The van der Waals surface area contributed by atoms with Crippen molar-refractivity contribution < 1.29 is 23.5 Å². The van der Waals surface area contributed by atoms with E-state index in [1.807, 2.05) is 0 Å². The summed E-state index contributed by atoms with van der Waals surface area (Å²) in [7, 11) is 3.34. The summed E-state index contributed by atoms with van der Waals surface area (Å²) in [6.07, 6.45) is 0.820. The molecular formula is C22H30FN5O4S. The number of carbonyl (C=O) groups excluding carboxylic acids is 2. The molecule has 0 spiro atoms. The molecule has 180 valence electrons. The summed E-state index contributed by atoms with van der Waals surface area (Å²) in [5.74, 6) is -1.12. The van der Waals surface area contributed by atoms with Gasteiger partial charge >= 0.3 is 12.0 Å². The average molecular weight is 480 g/mol. The molecule has 1 aromatic heterocycles. The molecule has 0 atom stereocenters. The Morgan fingerprint density at radius 3 is 2.70 bits per heavy atom. The third kappa shape index (κ3) is 7.11. The van der Waals surface area contributed by atoms with Gasteiger partial charge in [-0.25, -0.2) is 14.0 Å². The summed E-state index contributed by atoms with van der Waals surface area (Å²) in [6, 6.07) is 4.34. The number of ether oxygens (including phenoxy) is 2. The smallest absolute Gasteiger partial charge is 0.346 e. The van der Waals surface area contributed by atoms with Crippen LogP contribution in [-0.2, 0) is 11.3 Å². The van der Waals surface area contributed by atoms with Gasteiger partial charge in [0.2, 0.25) is 5.88 Å². The van der Waals surface area contributed by atoms with E-state index >= 15 is 0 Å². The number of anilines is 1. The summed E-state index contributed by atoms with van der Waals surface area (Å²) in [6.45, 7) is 7.25. The summed E-state index contributed by atoms with van der Waals surface area (Å²) in [5.41, 5.74) is 1.13. The molecule has 0 unspecified atom stereocenters. The minimum absolute atomic E-state index is 0.00241. The zero-order valence-electron chi connectivity index (χ0n) is 19.1. The zero-order valence-corrected chi connectivity index (χ0v) is 20.0.